The van der Waals surface area contributed by atoms with Crippen molar-refractivity contribution in [2.45, 2.75) is 6.92 Å². The topological polar surface area (TPSA) is 9.23 Å². The second-order valence-corrected chi connectivity index (χ2v) is 4.74. The van der Waals surface area contributed by atoms with E-state index >= 15 is 0 Å². The Labute approximate surface area is 90.3 Å². The third-order valence-electron chi connectivity index (χ3n) is 1.26. The lowest BCUT2D eigenvalue weighted by molar-refractivity contribution is 0.414. The van der Waals surface area contributed by atoms with Crippen molar-refractivity contribution < 1.29 is 4.74 Å². The van der Waals surface area contributed by atoms with Crippen LogP contribution in [0.4, 0.5) is 0 Å². The van der Waals surface area contributed by atoms with Gasteiger partial charge in [-0.15, -0.1) is 0 Å². The van der Waals surface area contributed by atoms with Gasteiger partial charge in [0.2, 0.25) is 0 Å². The van der Waals surface area contributed by atoms with Gasteiger partial charge in [-0.25, -0.2) is 0 Å². The lowest BCUT2D eigenvalue weighted by atomic mass is 10.2. The second-order valence-electron chi connectivity index (χ2n) is 2.12. The molecule has 0 aliphatic heterocycles. The molecule has 12 heavy (non-hydrogen) atoms. The zero-order chi connectivity index (χ0) is 9.40. The van der Waals surface area contributed by atoms with Crippen molar-refractivity contribution in [2.24, 2.45) is 0 Å². The number of hydrogen-bond donors (Lipinski definition) is 0. The molecule has 0 heterocycles. The van der Waals surface area contributed by atoms with Crippen LogP contribution in [0.1, 0.15) is 5.56 Å². The zero-order valence-electron chi connectivity index (χ0n) is 7.18. The van der Waals surface area contributed by atoms with E-state index in [1.54, 1.807) is 7.11 Å². The minimum Gasteiger partial charge on any atom is -0.497 e. The van der Waals surface area contributed by atoms with Crippen LogP contribution >= 0.6 is 18.1 Å². The Bertz CT molecular complexity index is 201. The van der Waals surface area contributed by atoms with Gasteiger partial charge in [0.15, 0.2) is 0 Å². The average molecular weight is 217 g/mol. The van der Waals surface area contributed by atoms with Gasteiger partial charge in [0.1, 0.15) is 5.75 Å². The molecule has 0 aliphatic rings. The first-order valence-corrected chi connectivity index (χ1v) is 7.74. The second kappa shape index (κ2) is 7.99. The highest BCUT2D eigenvalue weighted by Crippen LogP contribution is 2.09. The first-order chi connectivity index (χ1) is 5.74. The van der Waals surface area contributed by atoms with E-state index in [-0.39, 0.29) is 0 Å². The molecule has 0 amide bonds. The van der Waals surface area contributed by atoms with Crippen molar-refractivity contribution in [1.29, 1.82) is 0 Å². The monoisotopic (exact) mass is 216 g/mol. The minimum atomic E-state index is -0.639. The summed E-state index contributed by atoms with van der Waals surface area (Å²) in [5, 5.41) is 0. The molecule has 0 aromatic heterocycles. The van der Waals surface area contributed by atoms with E-state index in [1.807, 2.05) is 24.3 Å². The first-order valence-electron chi connectivity index (χ1n) is 3.47. The molecule has 0 saturated carbocycles. The summed E-state index contributed by atoms with van der Waals surface area (Å²) in [6, 6.07) is 7.96. The van der Waals surface area contributed by atoms with Crippen molar-refractivity contribution in [3.05, 3.63) is 29.8 Å². The fourth-order valence-corrected chi connectivity index (χ4v) is 0.674. The Balaban J connectivity index is 0.000000354. The fraction of sp³-hybridized carbons (Fsp3) is 0.250. The highest BCUT2D eigenvalue weighted by atomic mass is 35.6. The summed E-state index contributed by atoms with van der Waals surface area (Å²) in [5.41, 5.74) is 1.26. The van der Waals surface area contributed by atoms with Crippen LogP contribution in [0.3, 0.4) is 0 Å². The molecule has 0 spiro atoms. The smallest absolute Gasteiger partial charge is 0.497 e. The lowest BCUT2D eigenvalue weighted by Gasteiger charge is -1.97. The number of benzene rings is 1. The van der Waals surface area contributed by atoms with Gasteiger partial charge in [0.05, 0.1) is 7.11 Å². The summed E-state index contributed by atoms with van der Waals surface area (Å²) >= 11 is -0.639. The number of hydrogen-bond acceptors (Lipinski definition) is 1. The van der Waals surface area contributed by atoms with Crippen LogP contribution in [0, 0.1) is 6.92 Å². The van der Waals surface area contributed by atoms with E-state index < -0.39 is 18.2 Å². The predicted molar refractivity (Wildman–Crippen MR) is 55.2 cm³/mol. The maximum Gasteiger partial charge on any atom is 0.618 e. The van der Waals surface area contributed by atoms with Crippen molar-refractivity contribution in [3.63, 3.8) is 0 Å². The van der Waals surface area contributed by atoms with Gasteiger partial charge in [0.25, 0.3) is 0 Å². The van der Waals surface area contributed by atoms with Crippen molar-refractivity contribution in [2.75, 3.05) is 7.11 Å². The minimum absolute atomic E-state index is 0.639. The van der Waals surface area contributed by atoms with Gasteiger partial charge in [-0.3, -0.25) is 0 Å². The Hall–Kier alpha value is 0.366. The molecular weight excluding hydrogens is 207 g/mol. The van der Waals surface area contributed by atoms with Crippen molar-refractivity contribution in [1.82, 2.24) is 0 Å². The van der Waals surface area contributed by atoms with Crippen LogP contribution < -0.4 is 4.74 Å². The normalized spacial score (nSPS) is 7.67. The third-order valence-corrected chi connectivity index (χ3v) is 1.26. The predicted octanol–water partition coefficient (Wildman–Crippen LogP) is 3.00. The summed E-state index contributed by atoms with van der Waals surface area (Å²) < 4.78 is 4.97. The van der Waals surface area contributed by atoms with Gasteiger partial charge in [-0.05, 0) is 19.1 Å². The summed E-state index contributed by atoms with van der Waals surface area (Å²) in [4.78, 5) is 0. The van der Waals surface area contributed by atoms with E-state index in [0.29, 0.717) is 0 Å². The number of methoxy groups -OCH3 is 1. The van der Waals surface area contributed by atoms with E-state index in [0.717, 1.165) is 5.75 Å². The van der Waals surface area contributed by atoms with Crippen molar-refractivity contribution >= 4 is 36.3 Å². The molecule has 0 saturated heterocycles. The van der Waals surface area contributed by atoms with E-state index in [2.05, 4.69) is 6.92 Å². The molecule has 1 aromatic rings. The zero-order valence-corrected chi connectivity index (χ0v) is 10.1. The Morgan fingerprint density at radius 1 is 1.17 bits per heavy atom. The van der Waals surface area contributed by atoms with Crippen LogP contribution in [0.15, 0.2) is 24.3 Å². The average Bonchev–Trinajstić information content (AvgIpc) is 2.07. The van der Waals surface area contributed by atoms with Crippen LogP contribution in [0.2, 0.25) is 0 Å². The largest absolute Gasteiger partial charge is 0.618 e. The summed E-state index contributed by atoms with van der Waals surface area (Å²) in [7, 11) is 11.5. The number of rotatable bonds is 1. The Morgan fingerprint density at radius 2 is 1.58 bits per heavy atom. The molecule has 0 bridgehead atoms. The summed E-state index contributed by atoms with van der Waals surface area (Å²) in [6.45, 7) is 2.06. The number of ether oxygens (including phenoxy) is 1. The third kappa shape index (κ3) is 5.95. The Morgan fingerprint density at radius 3 is 1.92 bits per heavy atom. The molecule has 0 fully saturated rings. The van der Waals surface area contributed by atoms with Gasteiger partial charge >= 0.3 is 18.2 Å². The number of aryl methyl sites for hydroxylation is 1. The molecule has 0 N–H and O–H groups in total. The van der Waals surface area contributed by atoms with Crippen LogP contribution in [0.25, 0.3) is 0 Å². The maximum absolute atomic E-state index is 4.97. The van der Waals surface area contributed by atoms with Crippen LogP contribution in [-0.4, -0.2) is 25.3 Å². The summed E-state index contributed by atoms with van der Waals surface area (Å²) in [6.07, 6.45) is 0. The quantitative estimate of drug-likeness (QED) is 0.657. The van der Waals surface area contributed by atoms with E-state index in [1.165, 1.54) is 5.56 Å². The van der Waals surface area contributed by atoms with Crippen LogP contribution in [0.5, 0.6) is 5.75 Å². The molecule has 0 unspecified atom stereocenters. The molecule has 0 atom stereocenters. The number of halogens is 2. The van der Waals surface area contributed by atoms with Gasteiger partial charge in [-0.1, -0.05) is 17.7 Å². The first kappa shape index (κ1) is 12.4. The van der Waals surface area contributed by atoms with E-state index in [9.17, 15) is 0 Å². The molecule has 1 rings (SSSR count). The highest BCUT2D eigenvalue weighted by molar-refractivity contribution is 7.22. The molecule has 1 aromatic carbocycles. The van der Waals surface area contributed by atoms with Gasteiger partial charge < -0.3 is 22.9 Å². The molecule has 64 valence electrons. The molecule has 0 aliphatic carbocycles. The molecule has 4 heteroatoms. The fourth-order valence-electron chi connectivity index (χ4n) is 0.674. The highest BCUT2D eigenvalue weighted by Gasteiger charge is 1.85. The molecule has 0 radical (unpaired) electrons. The van der Waals surface area contributed by atoms with Gasteiger partial charge in [0, 0.05) is 0 Å². The molecule has 1 nitrogen and oxygen atoms in total. The van der Waals surface area contributed by atoms with E-state index in [4.69, 9.17) is 22.9 Å². The molecular formula is C8H10Cl2MgO. The Kier molecular flexibility index (Phi) is 8.23. The van der Waals surface area contributed by atoms with Crippen molar-refractivity contribution in [3.8, 4) is 5.75 Å². The van der Waals surface area contributed by atoms with Crippen LogP contribution in [-0.2, 0) is 0 Å². The van der Waals surface area contributed by atoms with Gasteiger partial charge in [-0.2, -0.15) is 0 Å². The maximum atomic E-state index is 4.97. The summed E-state index contributed by atoms with van der Waals surface area (Å²) in [5.74, 6) is 0.917. The lowest BCUT2D eigenvalue weighted by Crippen LogP contribution is -1.80. The SMILES string of the molecule is COc1ccc(C)cc1.[Cl][Mg][Cl]. The standard InChI is InChI=1S/C8H10O.2ClH.Mg/c1-7-3-5-8(9-2)6-4-7;;;/h3-6H,1-2H3;2*1H;/q;;;+2/p-2.